The van der Waals surface area contributed by atoms with Crippen molar-refractivity contribution in [1.29, 1.82) is 0 Å². The molecule has 1 aliphatic rings. The van der Waals surface area contributed by atoms with Gasteiger partial charge in [0.2, 0.25) is 0 Å². The molecule has 0 aromatic rings. The van der Waals surface area contributed by atoms with Crippen LogP contribution in [0.4, 0.5) is 0 Å². The minimum Gasteiger partial charge on any atom is -0.446 e. The normalized spacial score (nSPS) is 20.7. The summed E-state index contributed by atoms with van der Waals surface area (Å²) in [6.45, 7) is 10.3. The zero-order valence-corrected chi connectivity index (χ0v) is 12.0. The third kappa shape index (κ3) is 5.07. The van der Waals surface area contributed by atoms with E-state index in [9.17, 15) is 4.79 Å². The molecular formula is C14H24N2O2. The molecule has 0 unspecified atom stereocenters. The lowest BCUT2D eigenvalue weighted by molar-refractivity contribution is -0.150. The summed E-state index contributed by atoms with van der Waals surface area (Å²) in [5.41, 5.74) is -0.640. The number of piperazine rings is 1. The SMILES string of the molecule is CC[C@](C)(C#CCN1CCN(C)CC1)OC(C)=O. The number of carbonyl (C=O) groups is 1. The van der Waals surface area contributed by atoms with E-state index in [0.717, 1.165) is 32.7 Å². The first-order valence-electron chi connectivity index (χ1n) is 6.55. The van der Waals surface area contributed by atoms with E-state index in [-0.39, 0.29) is 5.97 Å². The first-order chi connectivity index (χ1) is 8.45. The molecule has 4 heteroatoms. The number of carbonyl (C=O) groups excluding carboxylic acids is 1. The van der Waals surface area contributed by atoms with Gasteiger partial charge in [0.05, 0.1) is 6.54 Å². The fraction of sp³-hybridized carbons (Fsp3) is 0.786. The van der Waals surface area contributed by atoms with E-state index in [2.05, 4.69) is 28.7 Å². The van der Waals surface area contributed by atoms with E-state index in [1.165, 1.54) is 6.92 Å². The zero-order valence-electron chi connectivity index (χ0n) is 12.0. The van der Waals surface area contributed by atoms with E-state index in [0.29, 0.717) is 6.42 Å². The fourth-order valence-electron chi connectivity index (χ4n) is 1.85. The van der Waals surface area contributed by atoms with Gasteiger partial charge < -0.3 is 9.64 Å². The van der Waals surface area contributed by atoms with Crippen LogP contribution in [-0.4, -0.2) is 61.1 Å². The van der Waals surface area contributed by atoms with E-state index >= 15 is 0 Å². The maximum atomic E-state index is 11.0. The van der Waals surface area contributed by atoms with Crippen molar-refractivity contribution in [2.45, 2.75) is 32.8 Å². The van der Waals surface area contributed by atoms with Crippen LogP contribution in [0.25, 0.3) is 0 Å². The van der Waals surface area contributed by atoms with Crippen molar-refractivity contribution in [2.75, 3.05) is 39.8 Å². The van der Waals surface area contributed by atoms with Crippen LogP contribution in [0, 0.1) is 11.8 Å². The van der Waals surface area contributed by atoms with Crippen molar-refractivity contribution >= 4 is 5.97 Å². The van der Waals surface area contributed by atoms with Gasteiger partial charge >= 0.3 is 5.97 Å². The molecule has 1 atom stereocenters. The van der Waals surface area contributed by atoms with Crippen LogP contribution in [0.1, 0.15) is 27.2 Å². The van der Waals surface area contributed by atoms with Crippen LogP contribution in [-0.2, 0) is 9.53 Å². The third-order valence-corrected chi connectivity index (χ3v) is 3.30. The minimum absolute atomic E-state index is 0.270. The molecule has 1 saturated heterocycles. The lowest BCUT2D eigenvalue weighted by Crippen LogP contribution is -2.44. The second-order valence-electron chi connectivity index (χ2n) is 5.06. The number of nitrogens with zero attached hydrogens (tertiary/aromatic N) is 2. The number of likely N-dealkylation sites (N-methyl/N-ethyl adjacent to an activating group) is 1. The van der Waals surface area contributed by atoms with Crippen LogP contribution >= 0.6 is 0 Å². The second kappa shape index (κ2) is 6.77. The van der Waals surface area contributed by atoms with Gasteiger partial charge in [-0.25, -0.2) is 0 Å². The lowest BCUT2D eigenvalue weighted by atomic mass is 10.0. The largest absolute Gasteiger partial charge is 0.446 e. The van der Waals surface area contributed by atoms with Gasteiger partial charge in [0.25, 0.3) is 0 Å². The Bertz CT molecular complexity index is 337. The fourth-order valence-corrected chi connectivity index (χ4v) is 1.85. The van der Waals surface area contributed by atoms with Gasteiger partial charge in [0.15, 0.2) is 5.60 Å². The van der Waals surface area contributed by atoms with Crippen molar-refractivity contribution in [1.82, 2.24) is 9.80 Å². The van der Waals surface area contributed by atoms with Gasteiger partial charge in [-0.1, -0.05) is 18.8 Å². The molecule has 1 aliphatic heterocycles. The molecule has 18 heavy (non-hydrogen) atoms. The smallest absolute Gasteiger partial charge is 0.304 e. The predicted molar refractivity (Wildman–Crippen MR) is 72.2 cm³/mol. The third-order valence-electron chi connectivity index (χ3n) is 3.30. The molecular weight excluding hydrogens is 228 g/mol. The van der Waals surface area contributed by atoms with E-state index in [1.54, 1.807) is 0 Å². The van der Waals surface area contributed by atoms with E-state index in [4.69, 9.17) is 4.74 Å². The summed E-state index contributed by atoms with van der Waals surface area (Å²) < 4.78 is 5.25. The van der Waals surface area contributed by atoms with Crippen LogP contribution < -0.4 is 0 Å². The summed E-state index contributed by atoms with van der Waals surface area (Å²) in [6.07, 6.45) is 0.711. The van der Waals surface area contributed by atoms with Crippen molar-refractivity contribution in [3.05, 3.63) is 0 Å². The summed E-state index contributed by atoms with van der Waals surface area (Å²) in [7, 11) is 2.14. The van der Waals surface area contributed by atoms with Crippen molar-refractivity contribution in [3.63, 3.8) is 0 Å². The molecule has 0 aliphatic carbocycles. The molecule has 1 heterocycles. The summed E-state index contributed by atoms with van der Waals surface area (Å²) in [5, 5.41) is 0. The van der Waals surface area contributed by atoms with Gasteiger partial charge in [-0.05, 0) is 20.4 Å². The summed E-state index contributed by atoms with van der Waals surface area (Å²) in [6, 6.07) is 0. The highest BCUT2D eigenvalue weighted by Gasteiger charge is 2.22. The molecule has 0 amide bonds. The van der Waals surface area contributed by atoms with Gasteiger partial charge in [0, 0.05) is 33.1 Å². The number of hydrogen-bond acceptors (Lipinski definition) is 4. The Kier molecular flexibility index (Phi) is 5.64. The standard InChI is InChI=1S/C14H24N2O2/c1-5-14(3,18-13(2)17)7-6-8-16-11-9-15(4)10-12-16/h5,8-12H2,1-4H3/t14-/m1/s1. The average molecular weight is 252 g/mol. The Morgan fingerprint density at radius 3 is 2.44 bits per heavy atom. The topological polar surface area (TPSA) is 32.8 Å². The van der Waals surface area contributed by atoms with Crippen LogP contribution in [0.15, 0.2) is 0 Å². The number of rotatable bonds is 3. The Morgan fingerprint density at radius 1 is 1.33 bits per heavy atom. The molecule has 0 spiro atoms. The summed E-state index contributed by atoms with van der Waals surface area (Å²) >= 11 is 0. The Hall–Kier alpha value is -1.05. The van der Waals surface area contributed by atoms with Gasteiger partial charge in [-0.2, -0.15) is 0 Å². The molecule has 0 saturated carbocycles. The zero-order chi connectivity index (χ0) is 13.6. The van der Waals surface area contributed by atoms with Crippen LogP contribution in [0.3, 0.4) is 0 Å². The minimum atomic E-state index is -0.640. The molecule has 4 nitrogen and oxygen atoms in total. The van der Waals surface area contributed by atoms with E-state index < -0.39 is 5.60 Å². The summed E-state index contributed by atoms with van der Waals surface area (Å²) in [5.74, 6) is 5.96. The van der Waals surface area contributed by atoms with Crippen molar-refractivity contribution in [3.8, 4) is 11.8 Å². The Labute approximate surface area is 110 Å². The maximum absolute atomic E-state index is 11.0. The first kappa shape index (κ1) is 15.0. The maximum Gasteiger partial charge on any atom is 0.304 e. The highest BCUT2D eigenvalue weighted by molar-refractivity contribution is 5.67. The lowest BCUT2D eigenvalue weighted by Gasteiger charge is -2.31. The Morgan fingerprint density at radius 2 is 1.94 bits per heavy atom. The highest BCUT2D eigenvalue weighted by Crippen LogP contribution is 2.13. The highest BCUT2D eigenvalue weighted by atomic mass is 16.6. The van der Waals surface area contributed by atoms with Gasteiger partial charge in [-0.3, -0.25) is 9.69 Å². The van der Waals surface area contributed by atoms with Crippen LogP contribution in [0.2, 0.25) is 0 Å². The molecule has 1 rings (SSSR count). The number of ether oxygens (including phenoxy) is 1. The molecule has 0 aromatic heterocycles. The number of esters is 1. The average Bonchev–Trinajstić information content (AvgIpc) is 2.31. The number of hydrogen-bond donors (Lipinski definition) is 0. The summed E-state index contributed by atoms with van der Waals surface area (Å²) in [4.78, 5) is 15.7. The molecule has 1 fully saturated rings. The van der Waals surface area contributed by atoms with Crippen molar-refractivity contribution < 1.29 is 9.53 Å². The molecule has 0 N–H and O–H groups in total. The second-order valence-corrected chi connectivity index (χ2v) is 5.06. The van der Waals surface area contributed by atoms with Gasteiger partial charge in [-0.15, -0.1) is 0 Å². The molecule has 0 aromatic carbocycles. The quantitative estimate of drug-likeness (QED) is 0.553. The predicted octanol–water partition coefficient (Wildman–Crippen LogP) is 0.969. The monoisotopic (exact) mass is 252 g/mol. The first-order valence-corrected chi connectivity index (χ1v) is 6.55. The van der Waals surface area contributed by atoms with Gasteiger partial charge in [0.1, 0.15) is 0 Å². The van der Waals surface area contributed by atoms with Crippen molar-refractivity contribution in [2.24, 2.45) is 0 Å². The molecule has 0 radical (unpaired) electrons. The molecule has 102 valence electrons. The van der Waals surface area contributed by atoms with E-state index in [1.807, 2.05) is 13.8 Å². The molecule has 0 bridgehead atoms. The van der Waals surface area contributed by atoms with Crippen LogP contribution in [0.5, 0.6) is 0 Å². The Balaban J connectivity index is 2.45.